The number of aromatic nitrogens is 5. The second kappa shape index (κ2) is 8.92. The number of rotatable bonds is 6. The van der Waals surface area contributed by atoms with Crippen LogP contribution in [-0.4, -0.2) is 30.5 Å². The van der Waals surface area contributed by atoms with Crippen molar-refractivity contribution < 1.29 is 13.6 Å². The van der Waals surface area contributed by atoms with Gasteiger partial charge in [-0.2, -0.15) is 10.2 Å². The minimum absolute atomic E-state index is 0.0913. The fourth-order valence-electron chi connectivity index (χ4n) is 3.72. The highest BCUT2D eigenvalue weighted by molar-refractivity contribution is 6.33. The molecule has 0 saturated carbocycles. The third-order valence-electron chi connectivity index (χ3n) is 5.21. The first kappa shape index (κ1) is 22.1. The van der Waals surface area contributed by atoms with Crippen molar-refractivity contribution in [2.75, 3.05) is 5.32 Å². The van der Waals surface area contributed by atoms with Gasteiger partial charge < -0.3 is 9.73 Å². The van der Waals surface area contributed by atoms with Gasteiger partial charge >= 0.3 is 0 Å². The fourth-order valence-corrected chi connectivity index (χ4v) is 4.15. The number of furan rings is 1. The van der Waals surface area contributed by atoms with Gasteiger partial charge in [-0.15, -0.1) is 0 Å². The zero-order valence-electron chi connectivity index (χ0n) is 17.8. The average molecular weight is 499 g/mol. The number of hydrogen-bond donors (Lipinski definition) is 1. The first-order chi connectivity index (χ1) is 16.4. The van der Waals surface area contributed by atoms with E-state index in [0.717, 1.165) is 16.6 Å². The Balaban J connectivity index is 1.35. The molecule has 0 bridgehead atoms. The number of pyridine rings is 1. The van der Waals surface area contributed by atoms with E-state index in [1.54, 1.807) is 24.7 Å². The monoisotopic (exact) mass is 498 g/mol. The maximum absolute atomic E-state index is 13.3. The van der Waals surface area contributed by atoms with Crippen LogP contribution >= 0.6 is 23.2 Å². The van der Waals surface area contributed by atoms with Crippen LogP contribution in [0.1, 0.15) is 11.3 Å². The van der Waals surface area contributed by atoms with Crippen molar-refractivity contribution >= 4 is 46.0 Å². The van der Waals surface area contributed by atoms with Gasteiger partial charge in [-0.3, -0.25) is 9.48 Å². The largest absolute Gasteiger partial charge is 0.464 e. The molecular formula is C23H17Cl2FN6O2. The molecule has 0 aliphatic heterocycles. The number of nitrogens with zero attached hydrogens (tertiary/aromatic N) is 5. The Labute approximate surface area is 202 Å². The summed E-state index contributed by atoms with van der Waals surface area (Å²) in [6.45, 7) is 2.02. The lowest BCUT2D eigenvalue weighted by atomic mass is 10.1. The summed E-state index contributed by atoms with van der Waals surface area (Å²) in [4.78, 5) is 17.2. The number of nitrogens with one attached hydrogen (secondary N) is 1. The molecule has 4 heterocycles. The van der Waals surface area contributed by atoms with Crippen molar-refractivity contribution in [3.05, 3.63) is 82.2 Å². The van der Waals surface area contributed by atoms with E-state index >= 15 is 0 Å². The lowest BCUT2D eigenvalue weighted by molar-refractivity contribution is -0.116. The number of carbonyl (C=O) groups excluding carboxylic acids is 1. The summed E-state index contributed by atoms with van der Waals surface area (Å²) in [6.07, 6.45) is 4.80. The van der Waals surface area contributed by atoms with E-state index in [2.05, 4.69) is 20.5 Å². The van der Waals surface area contributed by atoms with Crippen molar-refractivity contribution in [3.63, 3.8) is 0 Å². The van der Waals surface area contributed by atoms with Crippen LogP contribution in [-0.2, 0) is 17.9 Å². The Hall–Kier alpha value is -3.69. The maximum Gasteiger partial charge on any atom is 0.247 e. The van der Waals surface area contributed by atoms with Gasteiger partial charge in [0.25, 0.3) is 0 Å². The molecule has 0 fully saturated rings. The standard InChI is InChI=1S/C23H17Cl2FN6O2/c1-13-21-16(19-3-2-8-34-19)6-7-27-23(21)32(29-13)12-20(33)28-22-18(25)11-31(30-22)10-14-4-5-15(26)9-17(14)24/h2-9,11H,10,12H2,1H3,(H,28,30,33). The highest BCUT2D eigenvalue weighted by atomic mass is 35.5. The third kappa shape index (κ3) is 4.27. The molecule has 5 rings (SSSR count). The molecule has 11 heteroatoms. The van der Waals surface area contributed by atoms with Crippen LogP contribution in [0.5, 0.6) is 0 Å². The Morgan fingerprint density at radius 2 is 2.03 bits per heavy atom. The second-order valence-electron chi connectivity index (χ2n) is 7.58. The van der Waals surface area contributed by atoms with Gasteiger partial charge in [-0.05, 0) is 42.8 Å². The fraction of sp³-hybridized carbons (Fsp3) is 0.130. The van der Waals surface area contributed by atoms with Crippen LogP contribution in [0.2, 0.25) is 10.0 Å². The minimum atomic E-state index is -0.424. The van der Waals surface area contributed by atoms with E-state index < -0.39 is 5.82 Å². The van der Waals surface area contributed by atoms with Gasteiger partial charge in [-0.25, -0.2) is 14.1 Å². The molecule has 0 radical (unpaired) electrons. The normalized spacial score (nSPS) is 11.3. The third-order valence-corrected chi connectivity index (χ3v) is 5.84. The molecule has 1 amide bonds. The Kier molecular flexibility index (Phi) is 5.80. The first-order valence-electron chi connectivity index (χ1n) is 10.2. The summed E-state index contributed by atoms with van der Waals surface area (Å²) in [5.74, 6) is 0.0920. The van der Waals surface area contributed by atoms with Crippen LogP contribution < -0.4 is 5.32 Å². The zero-order chi connectivity index (χ0) is 23.8. The molecule has 0 aliphatic rings. The summed E-state index contributed by atoms with van der Waals surface area (Å²) in [5, 5.41) is 12.8. The maximum atomic E-state index is 13.3. The number of anilines is 1. The smallest absolute Gasteiger partial charge is 0.247 e. The summed E-state index contributed by atoms with van der Waals surface area (Å²) in [7, 11) is 0. The van der Waals surface area contributed by atoms with Gasteiger partial charge in [-0.1, -0.05) is 29.3 Å². The van der Waals surface area contributed by atoms with E-state index in [1.807, 2.05) is 25.1 Å². The SMILES string of the molecule is Cc1nn(CC(=O)Nc2nn(Cc3ccc(F)cc3Cl)cc2Cl)c2nccc(-c3ccco3)c12. The van der Waals surface area contributed by atoms with Crippen LogP contribution in [0.3, 0.4) is 0 Å². The van der Waals surface area contributed by atoms with Crippen LogP contribution in [0, 0.1) is 12.7 Å². The van der Waals surface area contributed by atoms with Gasteiger partial charge in [0.05, 0.1) is 23.9 Å². The molecule has 4 aromatic heterocycles. The van der Waals surface area contributed by atoms with Crippen molar-refractivity contribution in [1.82, 2.24) is 24.5 Å². The van der Waals surface area contributed by atoms with Crippen molar-refractivity contribution in [2.45, 2.75) is 20.0 Å². The molecule has 5 aromatic rings. The number of carbonyl (C=O) groups is 1. The Morgan fingerprint density at radius 3 is 2.79 bits per heavy atom. The molecule has 1 aromatic carbocycles. The highest BCUT2D eigenvalue weighted by Gasteiger charge is 2.18. The predicted octanol–water partition coefficient (Wildman–Crippen LogP) is 5.33. The number of aryl methyl sites for hydroxylation is 1. The lowest BCUT2D eigenvalue weighted by Crippen LogP contribution is -2.20. The van der Waals surface area contributed by atoms with E-state index in [0.29, 0.717) is 17.0 Å². The topological polar surface area (TPSA) is 90.8 Å². The van der Waals surface area contributed by atoms with Gasteiger partial charge in [0.2, 0.25) is 5.91 Å². The van der Waals surface area contributed by atoms with Crippen LogP contribution in [0.15, 0.2) is 59.5 Å². The molecule has 1 N–H and O–H groups in total. The van der Waals surface area contributed by atoms with E-state index in [4.69, 9.17) is 27.6 Å². The van der Waals surface area contributed by atoms with Crippen molar-refractivity contribution in [1.29, 1.82) is 0 Å². The first-order valence-corrected chi connectivity index (χ1v) is 11.0. The lowest BCUT2D eigenvalue weighted by Gasteiger charge is -2.06. The molecule has 0 unspecified atom stereocenters. The number of hydrogen-bond acceptors (Lipinski definition) is 5. The quantitative estimate of drug-likeness (QED) is 0.341. The molecule has 0 saturated heterocycles. The summed E-state index contributed by atoms with van der Waals surface area (Å²) in [5.41, 5.74) is 2.79. The number of benzene rings is 1. The minimum Gasteiger partial charge on any atom is -0.464 e. The summed E-state index contributed by atoms with van der Waals surface area (Å²) < 4.78 is 21.8. The molecule has 0 spiro atoms. The number of halogens is 3. The molecular weight excluding hydrogens is 482 g/mol. The second-order valence-corrected chi connectivity index (χ2v) is 8.40. The molecule has 34 heavy (non-hydrogen) atoms. The Morgan fingerprint density at radius 1 is 1.18 bits per heavy atom. The van der Waals surface area contributed by atoms with E-state index in [1.165, 1.54) is 21.5 Å². The highest BCUT2D eigenvalue weighted by Crippen LogP contribution is 2.30. The van der Waals surface area contributed by atoms with Crippen molar-refractivity contribution in [3.8, 4) is 11.3 Å². The zero-order valence-corrected chi connectivity index (χ0v) is 19.3. The van der Waals surface area contributed by atoms with Gasteiger partial charge in [0, 0.05) is 23.0 Å². The molecule has 0 atom stereocenters. The van der Waals surface area contributed by atoms with Crippen molar-refractivity contribution in [2.24, 2.45) is 0 Å². The Bertz CT molecular complexity index is 1510. The molecule has 8 nitrogen and oxygen atoms in total. The van der Waals surface area contributed by atoms with Crippen LogP contribution in [0.25, 0.3) is 22.4 Å². The van der Waals surface area contributed by atoms with Gasteiger partial charge in [0.15, 0.2) is 11.5 Å². The number of fused-ring (bicyclic) bond motifs is 1. The summed E-state index contributed by atoms with van der Waals surface area (Å²) in [6, 6.07) is 9.63. The number of amides is 1. The molecule has 0 aliphatic carbocycles. The molecule has 172 valence electrons. The van der Waals surface area contributed by atoms with E-state index in [9.17, 15) is 9.18 Å². The van der Waals surface area contributed by atoms with Gasteiger partial charge in [0.1, 0.15) is 23.1 Å². The summed E-state index contributed by atoms with van der Waals surface area (Å²) >= 11 is 12.4. The van der Waals surface area contributed by atoms with E-state index in [-0.39, 0.29) is 34.9 Å². The van der Waals surface area contributed by atoms with Crippen LogP contribution in [0.4, 0.5) is 10.2 Å². The average Bonchev–Trinajstić information content (AvgIpc) is 3.51. The predicted molar refractivity (Wildman–Crippen MR) is 126 cm³/mol.